The Morgan fingerprint density at radius 3 is 2.20 bits per heavy atom. The normalized spacial score (nSPS) is 28.9. The van der Waals surface area contributed by atoms with E-state index in [-0.39, 0.29) is 11.7 Å². The van der Waals surface area contributed by atoms with Crippen molar-refractivity contribution in [3.8, 4) is 0 Å². The van der Waals surface area contributed by atoms with Gasteiger partial charge >= 0.3 is 0 Å². The van der Waals surface area contributed by atoms with Crippen molar-refractivity contribution < 1.29 is 4.79 Å². The molecule has 1 aliphatic carbocycles. The Morgan fingerprint density at radius 1 is 1.13 bits per heavy atom. The lowest BCUT2D eigenvalue weighted by Gasteiger charge is -2.01. The molecule has 15 heavy (non-hydrogen) atoms. The molecule has 0 heterocycles. The highest BCUT2D eigenvalue weighted by Gasteiger charge is 2.48. The summed E-state index contributed by atoms with van der Waals surface area (Å²) in [4.78, 5) is 12.0. The number of carbonyl (C=O) groups is 1. The van der Waals surface area contributed by atoms with Crippen molar-refractivity contribution in [2.75, 3.05) is 0 Å². The highest BCUT2D eigenvalue weighted by molar-refractivity contribution is 6.42. The number of hydrogen-bond donors (Lipinski definition) is 0. The van der Waals surface area contributed by atoms with Crippen LogP contribution in [0.25, 0.3) is 0 Å². The molecule has 0 aromatic heterocycles. The molecule has 1 fully saturated rings. The molecule has 1 saturated carbocycles. The first-order valence-corrected chi connectivity index (χ1v) is 5.77. The van der Waals surface area contributed by atoms with Crippen LogP contribution >= 0.6 is 23.2 Å². The van der Waals surface area contributed by atoms with Crippen molar-refractivity contribution in [3.63, 3.8) is 0 Å². The molecule has 2 unspecified atom stereocenters. The van der Waals surface area contributed by atoms with E-state index in [0.717, 1.165) is 0 Å². The van der Waals surface area contributed by atoms with Gasteiger partial charge < -0.3 is 0 Å². The number of benzene rings is 1. The molecule has 0 amide bonds. The minimum atomic E-state index is 0.169. The van der Waals surface area contributed by atoms with Crippen LogP contribution in [0.1, 0.15) is 24.2 Å². The summed E-state index contributed by atoms with van der Waals surface area (Å²) in [5.41, 5.74) is 0.672. The van der Waals surface area contributed by atoms with Gasteiger partial charge in [-0.3, -0.25) is 4.79 Å². The van der Waals surface area contributed by atoms with Gasteiger partial charge in [0.05, 0.1) is 10.0 Å². The molecule has 3 atom stereocenters. The number of Topliss-reactive ketones (excluding diaryl/α,β-unsaturated/α-hetero) is 1. The van der Waals surface area contributed by atoms with Crippen LogP contribution in [-0.4, -0.2) is 5.78 Å². The predicted molar refractivity (Wildman–Crippen MR) is 62.6 cm³/mol. The van der Waals surface area contributed by atoms with Crippen LogP contribution in [0.15, 0.2) is 18.2 Å². The lowest BCUT2D eigenvalue weighted by molar-refractivity contribution is 0.0958. The Hall–Kier alpha value is -0.530. The van der Waals surface area contributed by atoms with Crippen molar-refractivity contribution in [2.45, 2.75) is 13.8 Å². The van der Waals surface area contributed by atoms with Crippen LogP contribution in [0.4, 0.5) is 0 Å². The van der Waals surface area contributed by atoms with Gasteiger partial charge in [0.15, 0.2) is 5.78 Å². The number of carbonyl (C=O) groups excluding carboxylic acids is 1. The largest absolute Gasteiger partial charge is 0.294 e. The SMILES string of the molecule is CC1C(C(=O)c2ccc(Cl)c(Cl)c2)[C@H]1C. The highest BCUT2D eigenvalue weighted by atomic mass is 35.5. The van der Waals surface area contributed by atoms with E-state index in [0.29, 0.717) is 27.4 Å². The van der Waals surface area contributed by atoms with Crippen LogP contribution in [0.5, 0.6) is 0 Å². The molecule has 0 N–H and O–H groups in total. The molecule has 0 bridgehead atoms. The highest BCUT2D eigenvalue weighted by Crippen LogP contribution is 2.47. The van der Waals surface area contributed by atoms with Gasteiger partial charge in [-0.05, 0) is 30.0 Å². The fourth-order valence-corrected chi connectivity index (χ4v) is 2.28. The van der Waals surface area contributed by atoms with Gasteiger partial charge in [0.2, 0.25) is 0 Å². The van der Waals surface area contributed by atoms with Crippen molar-refractivity contribution in [1.29, 1.82) is 0 Å². The number of ketones is 1. The lowest BCUT2D eigenvalue weighted by atomic mass is 10.1. The summed E-state index contributed by atoms with van der Waals surface area (Å²) in [5, 5.41) is 0.939. The van der Waals surface area contributed by atoms with Crippen molar-refractivity contribution in [2.24, 2.45) is 17.8 Å². The van der Waals surface area contributed by atoms with Crippen LogP contribution in [0.3, 0.4) is 0 Å². The second-order valence-electron chi connectivity index (χ2n) is 4.24. The first-order chi connectivity index (χ1) is 7.02. The Bertz CT molecular complexity index is 406. The summed E-state index contributed by atoms with van der Waals surface area (Å²) in [6.07, 6.45) is 0. The van der Waals surface area contributed by atoms with Gasteiger partial charge in [-0.2, -0.15) is 0 Å². The molecule has 1 nitrogen and oxygen atoms in total. The molecule has 1 aromatic rings. The third kappa shape index (κ3) is 1.91. The van der Waals surface area contributed by atoms with E-state index in [2.05, 4.69) is 13.8 Å². The first kappa shape index (κ1) is 11.0. The van der Waals surface area contributed by atoms with Crippen molar-refractivity contribution in [3.05, 3.63) is 33.8 Å². The summed E-state index contributed by atoms with van der Waals surface area (Å²) >= 11 is 11.7. The summed E-state index contributed by atoms with van der Waals surface area (Å²) in [6, 6.07) is 5.08. The summed E-state index contributed by atoms with van der Waals surface area (Å²) < 4.78 is 0. The summed E-state index contributed by atoms with van der Waals surface area (Å²) in [6.45, 7) is 4.20. The molecule has 1 aromatic carbocycles. The van der Waals surface area contributed by atoms with Crippen LogP contribution in [0, 0.1) is 17.8 Å². The summed E-state index contributed by atoms with van der Waals surface area (Å²) in [7, 11) is 0. The van der Waals surface area contributed by atoms with E-state index in [1.807, 2.05) is 0 Å². The minimum Gasteiger partial charge on any atom is -0.294 e. The molecular weight excluding hydrogens is 231 g/mol. The zero-order chi connectivity index (χ0) is 11.2. The average molecular weight is 243 g/mol. The third-order valence-corrected chi connectivity index (χ3v) is 4.07. The number of halogens is 2. The van der Waals surface area contributed by atoms with Crippen molar-refractivity contribution in [1.82, 2.24) is 0 Å². The number of rotatable bonds is 2. The molecule has 3 heteroatoms. The summed E-state index contributed by atoms with van der Waals surface area (Å²) in [5.74, 6) is 1.34. The zero-order valence-electron chi connectivity index (χ0n) is 8.63. The molecule has 0 radical (unpaired) electrons. The molecule has 0 spiro atoms. The van der Waals surface area contributed by atoms with E-state index < -0.39 is 0 Å². The van der Waals surface area contributed by atoms with E-state index >= 15 is 0 Å². The molecule has 1 aliphatic rings. The lowest BCUT2D eigenvalue weighted by Crippen LogP contribution is -2.03. The van der Waals surface area contributed by atoms with Crippen molar-refractivity contribution >= 4 is 29.0 Å². The van der Waals surface area contributed by atoms with Crippen LogP contribution < -0.4 is 0 Å². The second-order valence-corrected chi connectivity index (χ2v) is 5.05. The van der Waals surface area contributed by atoms with E-state index in [9.17, 15) is 4.79 Å². The maximum absolute atomic E-state index is 12.0. The average Bonchev–Trinajstić information content (AvgIpc) is 2.78. The maximum atomic E-state index is 12.0. The third-order valence-electron chi connectivity index (χ3n) is 3.33. The van der Waals surface area contributed by atoms with E-state index in [4.69, 9.17) is 23.2 Å². The van der Waals surface area contributed by atoms with Gasteiger partial charge in [0.1, 0.15) is 0 Å². The first-order valence-electron chi connectivity index (χ1n) is 5.01. The van der Waals surface area contributed by atoms with Crippen LogP contribution in [0.2, 0.25) is 10.0 Å². The molecule has 80 valence electrons. The monoisotopic (exact) mass is 242 g/mol. The predicted octanol–water partition coefficient (Wildman–Crippen LogP) is 4.08. The van der Waals surface area contributed by atoms with Gasteiger partial charge in [0.25, 0.3) is 0 Å². The maximum Gasteiger partial charge on any atom is 0.166 e. The van der Waals surface area contributed by atoms with E-state index in [1.54, 1.807) is 18.2 Å². The molecule has 0 saturated heterocycles. The fourth-order valence-electron chi connectivity index (χ4n) is 1.98. The Morgan fingerprint density at radius 2 is 1.73 bits per heavy atom. The Kier molecular flexibility index (Phi) is 2.78. The van der Waals surface area contributed by atoms with Gasteiger partial charge in [0, 0.05) is 11.5 Å². The standard InChI is InChI=1S/C12H12Cl2O/c1-6-7(2)11(6)12(15)8-3-4-9(13)10(14)5-8/h3-7,11H,1-2H3/t6-,7?,11?/m0/s1. The Labute approximate surface area is 99.4 Å². The van der Waals surface area contributed by atoms with Gasteiger partial charge in [-0.25, -0.2) is 0 Å². The molecule has 2 rings (SSSR count). The van der Waals surface area contributed by atoms with Gasteiger partial charge in [-0.15, -0.1) is 0 Å². The zero-order valence-corrected chi connectivity index (χ0v) is 10.1. The topological polar surface area (TPSA) is 17.1 Å². The van der Waals surface area contributed by atoms with Crippen LogP contribution in [-0.2, 0) is 0 Å². The van der Waals surface area contributed by atoms with E-state index in [1.165, 1.54) is 0 Å². The van der Waals surface area contributed by atoms with Gasteiger partial charge in [-0.1, -0.05) is 37.0 Å². The quantitative estimate of drug-likeness (QED) is 0.715. The minimum absolute atomic E-state index is 0.169. The Balaban J connectivity index is 2.24. The smallest absolute Gasteiger partial charge is 0.166 e. The number of hydrogen-bond acceptors (Lipinski definition) is 1. The molecule has 0 aliphatic heterocycles. The molecular formula is C12H12Cl2O. The fraction of sp³-hybridized carbons (Fsp3) is 0.417. The second kappa shape index (κ2) is 3.80.